The molecule has 1 aromatic carbocycles. The second-order valence-electron chi connectivity index (χ2n) is 3.17. The van der Waals surface area contributed by atoms with E-state index in [2.05, 4.69) is 20.7 Å². The van der Waals surface area contributed by atoms with E-state index in [9.17, 15) is 14.9 Å². The van der Waals surface area contributed by atoms with Gasteiger partial charge >= 0.3 is 5.97 Å². The number of hydrogen-bond acceptors (Lipinski definition) is 5. The first-order valence-corrected chi connectivity index (χ1v) is 6.03. The Bertz CT molecular complexity index is 468. The number of ether oxygens (including phenoxy) is 2. The molecule has 0 aliphatic carbocycles. The smallest absolute Gasteiger partial charge is 0.322 e. The van der Waals surface area contributed by atoms with Gasteiger partial charge in [0, 0.05) is 12.1 Å². The topological polar surface area (TPSA) is 78.7 Å². The van der Waals surface area contributed by atoms with Crippen LogP contribution in [0.3, 0.4) is 0 Å². The van der Waals surface area contributed by atoms with Crippen LogP contribution in [0.1, 0.15) is 0 Å². The van der Waals surface area contributed by atoms with Crippen LogP contribution in [0, 0.1) is 10.1 Å². The molecule has 0 aromatic heterocycles. The third-order valence-corrected chi connectivity index (χ3v) is 2.91. The summed E-state index contributed by atoms with van der Waals surface area (Å²) in [6, 6.07) is 3.96. The zero-order valence-electron chi connectivity index (χ0n) is 9.26. The molecule has 98 valence electrons. The Hall–Kier alpha value is -1.34. The average Bonchev–Trinajstić information content (AvgIpc) is 2.34. The van der Waals surface area contributed by atoms with Gasteiger partial charge in [-0.25, -0.2) is 0 Å². The number of esters is 1. The van der Waals surface area contributed by atoms with E-state index in [1.165, 1.54) is 25.3 Å². The SMILES string of the molecule is COC(=O)C(Br)COc1ccc([N+](=O)[O-])c(Cl)c1. The molecule has 0 spiro atoms. The van der Waals surface area contributed by atoms with Crippen LogP contribution in [-0.2, 0) is 9.53 Å². The zero-order valence-corrected chi connectivity index (χ0v) is 11.6. The third-order valence-electron chi connectivity index (χ3n) is 1.97. The first-order valence-electron chi connectivity index (χ1n) is 4.74. The van der Waals surface area contributed by atoms with Crippen molar-refractivity contribution in [3.63, 3.8) is 0 Å². The largest absolute Gasteiger partial charge is 0.492 e. The van der Waals surface area contributed by atoms with Gasteiger partial charge in [-0.3, -0.25) is 14.9 Å². The number of hydrogen-bond donors (Lipinski definition) is 0. The number of benzene rings is 1. The Kier molecular flexibility index (Phi) is 5.36. The molecule has 1 unspecified atom stereocenters. The predicted molar refractivity (Wildman–Crippen MR) is 68.3 cm³/mol. The van der Waals surface area contributed by atoms with Crippen LogP contribution in [0.15, 0.2) is 18.2 Å². The lowest BCUT2D eigenvalue weighted by Gasteiger charge is -2.10. The summed E-state index contributed by atoms with van der Waals surface area (Å²) in [7, 11) is 1.26. The van der Waals surface area contributed by atoms with Gasteiger partial charge in [-0.2, -0.15) is 0 Å². The fourth-order valence-electron chi connectivity index (χ4n) is 1.09. The van der Waals surface area contributed by atoms with Crippen molar-refractivity contribution < 1.29 is 19.2 Å². The molecule has 1 rings (SSSR count). The average molecular weight is 339 g/mol. The van der Waals surface area contributed by atoms with Crippen molar-refractivity contribution in [1.29, 1.82) is 0 Å². The number of methoxy groups -OCH3 is 1. The molecule has 0 aliphatic rings. The van der Waals surface area contributed by atoms with Crippen molar-refractivity contribution in [2.45, 2.75) is 4.83 Å². The molecular weight excluding hydrogens is 329 g/mol. The van der Waals surface area contributed by atoms with Gasteiger partial charge in [0.15, 0.2) is 0 Å². The highest BCUT2D eigenvalue weighted by molar-refractivity contribution is 9.10. The molecule has 0 heterocycles. The highest BCUT2D eigenvalue weighted by Gasteiger charge is 2.17. The van der Waals surface area contributed by atoms with E-state index < -0.39 is 15.7 Å². The lowest BCUT2D eigenvalue weighted by Crippen LogP contribution is -2.22. The van der Waals surface area contributed by atoms with E-state index in [0.717, 1.165) is 0 Å². The van der Waals surface area contributed by atoms with Gasteiger partial charge in [0.25, 0.3) is 5.69 Å². The van der Waals surface area contributed by atoms with Crippen LogP contribution in [0.2, 0.25) is 5.02 Å². The summed E-state index contributed by atoms with van der Waals surface area (Å²) in [5.41, 5.74) is -0.202. The van der Waals surface area contributed by atoms with Crippen LogP contribution in [0.4, 0.5) is 5.69 Å². The Morgan fingerprint density at radius 2 is 2.28 bits per heavy atom. The molecule has 1 aromatic rings. The molecule has 0 N–H and O–H groups in total. The molecule has 1 atom stereocenters. The number of nitro benzene ring substituents is 1. The molecule has 18 heavy (non-hydrogen) atoms. The minimum Gasteiger partial charge on any atom is -0.492 e. The molecule has 0 radical (unpaired) electrons. The third kappa shape index (κ3) is 3.85. The summed E-state index contributed by atoms with van der Waals surface area (Å²) >= 11 is 8.78. The van der Waals surface area contributed by atoms with Gasteiger partial charge < -0.3 is 9.47 Å². The standard InChI is InChI=1S/C10H9BrClNO5/c1-17-10(14)7(11)5-18-6-2-3-9(13(15)16)8(12)4-6/h2-4,7H,5H2,1H3. The number of halogens is 2. The van der Waals surface area contributed by atoms with Crippen molar-refractivity contribution in [2.24, 2.45) is 0 Å². The van der Waals surface area contributed by atoms with Crippen molar-refractivity contribution in [3.05, 3.63) is 33.3 Å². The molecule has 0 aliphatic heterocycles. The number of nitrogens with zero attached hydrogens (tertiary/aromatic N) is 1. The van der Waals surface area contributed by atoms with E-state index in [0.29, 0.717) is 5.75 Å². The van der Waals surface area contributed by atoms with Crippen molar-refractivity contribution in [1.82, 2.24) is 0 Å². The molecule has 0 fully saturated rings. The number of carbonyl (C=O) groups is 1. The maximum Gasteiger partial charge on any atom is 0.322 e. The van der Waals surface area contributed by atoms with E-state index in [1.54, 1.807) is 0 Å². The van der Waals surface area contributed by atoms with E-state index in [4.69, 9.17) is 16.3 Å². The van der Waals surface area contributed by atoms with Gasteiger partial charge in [-0.15, -0.1) is 0 Å². The minimum atomic E-state index is -0.614. The molecule has 8 heteroatoms. The predicted octanol–water partition coefficient (Wildman–Crippen LogP) is 2.56. The van der Waals surface area contributed by atoms with Crippen LogP contribution in [0.5, 0.6) is 5.75 Å². The summed E-state index contributed by atoms with van der Waals surface area (Å²) in [5.74, 6) is -0.137. The fourth-order valence-corrected chi connectivity index (χ4v) is 1.65. The van der Waals surface area contributed by atoms with Gasteiger partial charge in [0.2, 0.25) is 0 Å². The van der Waals surface area contributed by atoms with E-state index in [1.807, 2.05) is 0 Å². The zero-order chi connectivity index (χ0) is 13.7. The second kappa shape index (κ2) is 6.55. The lowest BCUT2D eigenvalue weighted by atomic mass is 10.3. The summed E-state index contributed by atoms with van der Waals surface area (Å²) in [6.07, 6.45) is 0. The van der Waals surface area contributed by atoms with Gasteiger partial charge in [0.1, 0.15) is 22.2 Å². The Morgan fingerprint density at radius 1 is 1.61 bits per heavy atom. The number of carbonyl (C=O) groups excluding carboxylic acids is 1. The maximum atomic E-state index is 11.1. The Labute approximate surface area is 116 Å². The Morgan fingerprint density at radius 3 is 2.78 bits per heavy atom. The summed E-state index contributed by atoms with van der Waals surface area (Å²) in [5, 5.41) is 10.5. The van der Waals surface area contributed by atoms with Gasteiger partial charge in [-0.05, 0) is 6.07 Å². The first kappa shape index (κ1) is 14.7. The van der Waals surface area contributed by atoms with Crippen LogP contribution in [-0.4, -0.2) is 29.4 Å². The molecule has 0 amide bonds. The van der Waals surface area contributed by atoms with E-state index in [-0.39, 0.29) is 17.3 Å². The van der Waals surface area contributed by atoms with E-state index >= 15 is 0 Å². The molecule has 6 nitrogen and oxygen atoms in total. The Balaban J connectivity index is 2.67. The molecule has 0 saturated heterocycles. The summed E-state index contributed by atoms with van der Waals surface area (Å²) in [6.45, 7) is 0.0286. The van der Waals surface area contributed by atoms with Gasteiger partial charge in [0.05, 0.1) is 12.0 Å². The van der Waals surface area contributed by atoms with Crippen molar-refractivity contribution in [2.75, 3.05) is 13.7 Å². The fraction of sp³-hybridized carbons (Fsp3) is 0.300. The van der Waals surface area contributed by atoms with Crippen molar-refractivity contribution in [3.8, 4) is 5.75 Å². The normalized spacial score (nSPS) is 11.7. The first-order chi connectivity index (χ1) is 8.45. The van der Waals surface area contributed by atoms with Crippen LogP contribution < -0.4 is 4.74 Å². The maximum absolute atomic E-state index is 11.1. The van der Waals surface area contributed by atoms with Crippen LogP contribution in [0.25, 0.3) is 0 Å². The molecular formula is C10H9BrClNO5. The number of alkyl halides is 1. The summed E-state index contributed by atoms with van der Waals surface area (Å²) in [4.78, 5) is 20.4. The van der Waals surface area contributed by atoms with Gasteiger partial charge in [-0.1, -0.05) is 27.5 Å². The van der Waals surface area contributed by atoms with Crippen molar-refractivity contribution >= 4 is 39.2 Å². The highest BCUT2D eigenvalue weighted by atomic mass is 79.9. The number of nitro groups is 1. The summed E-state index contributed by atoms with van der Waals surface area (Å²) < 4.78 is 9.75. The lowest BCUT2D eigenvalue weighted by molar-refractivity contribution is -0.384. The minimum absolute atomic E-state index is 0.0262. The monoisotopic (exact) mass is 337 g/mol. The quantitative estimate of drug-likeness (QED) is 0.357. The molecule has 0 saturated carbocycles. The molecule has 0 bridgehead atoms. The highest BCUT2D eigenvalue weighted by Crippen LogP contribution is 2.28. The second-order valence-corrected chi connectivity index (χ2v) is 4.68. The number of rotatable bonds is 5. The van der Waals surface area contributed by atoms with Crippen LogP contribution >= 0.6 is 27.5 Å².